The maximum absolute atomic E-state index is 12.3. The van der Waals surface area contributed by atoms with Crippen LogP contribution in [0.25, 0.3) is 11.6 Å². The van der Waals surface area contributed by atoms with Gasteiger partial charge in [0.1, 0.15) is 0 Å². The highest BCUT2D eigenvalue weighted by molar-refractivity contribution is 6.17. The summed E-state index contributed by atoms with van der Waals surface area (Å²) in [6.07, 6.45) is 4.90. The number of rotatable bonds is 6. The molecule has 0 radical (unpaired) electrons. The lowest BCUT2D eigenvalue weighted by Gasteiger charge is -2.08. The number of esters is 2. The van der Waals surface area contributed by atoms with Gasteiger partial charge in [0.05, 0.1) is 18.8 Å². The molecule has 1 aromatic carbocycles. The Bertz CT molecular complexity index is 626. The van der Waals surface area contributed by atoms with Crippen LogP contribution in [0.3, 0.4) is 0 Å². The summed E-state index contributed by atoms with van der Waals surface area (Å²) in [4.78, 5) is 24.0. The third-order valence-electron chi connectivity index (χ3n) is 3.34. The van der Waals surface area contributed by atoms with Gasteiger partial charge in [0, 0.05) is 11.6 Å². The minimum Gasteiger partial charge on any atom is -0.463 e. The summed E-state index contributed by atoms with van der Waals surface area (Å²) in [5, 5.41) is 0. The number of ether oxygens (including phenoxy) is 2. The van der Waals surface area contributed by atoms with E-state index < -0.39 is 11.9 Å². The fraction of sp³-hybridized carbons (Fsp3) is 0.333. The van der Waals surface area contributed by atoms with Crippen LogP contribution in [0, 0.1) is 0 Å². The molecule has 4 heteroatoms. The highest BCUT2D eigenvalue weighted by Crippen LogP contribution is 2.36. The molecule has 0 aromatic heterocycles. The first-order chi connectivity index (χ1) is 10.7. The second-order valence-corrected chi connectivity index (χ2v) is 4.94. The number of hydrogen-bond acceptors (Lipinski definition) is 4. The molecule has 0 aliphatic heterocycles. The van der Waals surface area contributed by atoms with Crippen molar-refractivity contribution in [1.82, 2.24) is 0 Å². The number of fused-ring (bicyclic) bond motifs is 1. The molecule has 0 atom stereocenters. The van der Waals surface area contributed by atoms with Crippen LogP contribution in [0.1, 0.15) is 37.8 Å². The van der Waals surface area contributed by atoms with E-state index in [0.717, 1.165) is 24.0 Å². The first kappa shape index (κ1) is 16.0. The van der Waals surface area contributed by atoms with Crippen LogP contribution < -0.4 is 0 Å². The van der Waals surface area contributed by atoms with Crippen molar-refractivity contribution in [2.75, 3.05) is 13.2 Å². The summed E-state index contributed by atoms with van der Waals surface area (Å²) in [6, 6.07) is 7.55. The highest BCUT2D eigenvalue weighted by Gasteiger charge is 2.25. The quantitative estimate of drug-likeness (QED) is 0.459. The lowest BCUT2D eigenvalue weighted by Crippen LogP contribution is -2.10. The standard InChI is InChI=1S/C18H20O4/c1-3-5-10-22-18(20)16-11-13-8-6-7-9-14(13)15(16)12-17(19)21-4-2/h6-9,11-12H,3-5,10H2,1-2H3/b15-12+. The van der Waals surface area contributed by atoms with Gasteiger partial charge in [-0.15, -0.1) is 0 Å². The third-order valence-corrected chi connectivity index (χ3v) is 3.34. The number of unbranched alkanes of at least 4 members (excludes halogenated alkanes) is 1. The molecule has 22 heavy (non-hydrogen) atoms. The van der Waals surface area contributed by atoms with Crippen LogP contribution in [-0.2, 0) is 19.1 Å². The summed E-state index contributed by atoms with van der Waals surface area (Å²) in [5.74, 6) is -0.860. The molecule has 0 amide bonds. The first-order valence-electron chi connectivity index (χ1n) is 7.54. The van der Waals surface area contributed by atoms with Crippen LogP contribution >= 0.6 is 0 Å². The summed E-state index contributed by atoms with van der Waals surface area (Å²) in [6.45, 7) is 4.46. The van der Waals surface area contributed by atoms with E-state index in [9.17, 15) is 9.59 Å². The summed E-state index contributed by atoms with van der Waals surface area (Å²) in [7, 11) is 0. The molecule has 1 aliphatic rings. The molecular formula is C18H20O4. The Labute approximate surface area is 130 Å². The van der Waals surface area contributed by atoms with Gasteiger partial charge in [-0.25, -0.2) is 9.59 Å². The Morgan fingerprint density at radius 3 is 2.64 bits per heavy atom. The van der Waals surface area contributed by atoms with Gasteiger partial charge in [-0.05, 0) is 30.5 Å². The maximum atomic E-state index is 12.3. The van der Waals surface area contributed by atoms with E-state index in [1.807, 2.05) is 31.2 Å². The van der Waals surface area contributed by atoms with E-state index in [-0.39, 0.29) is 0 Å². The van der Waals surface area contributed by atoms with Gasteiger partial charge in [0.2, 0.25) is 0 Å². The number of benzene rings is 1. The van der Waals surface area contributed by atoms with Crippen LogP contribution in [-0.4, -0.2) is 25.2 Å². The van der Waals surface area contributed by atoms with Gasteiger partial charge < -0.3 is 9.47 Å². The number of carbonyl (C=O) groups is 2. The predicted octanol–water partition coefficient (Wildman–Crippen LogP) is 3.37. The van der Waals surface area contributed by atoms with Crippen molar-refractivity contribution in [3.8, 4) is 0 Å². The Kier molecular flexibility index (Phi) is 5.53. The fourth-order valence-electron chi connectivity index (χ4n) is 2.26. The summed E-state index contributed by atoms with van der Waals surface area (Å²) in [5.41, 5.74) is 2.72. The third kappa shape index (κ3) is 3.64. The van der Waals surface area contributed by atoms with Gasteiger partial charge >= 0.3 is 11.9 Å². The molecule has 0 saturated carbocycles. The molecule has 0 fully saturated rings. The van der Waals surface area contributed by atoms with E-state index in [0.29, 0.717) is 24.4 Å². The van der Waals surface area contributed by atoms with E-state index >= 15 is 0 Å². The zero-order valence-corrected chi connectivity index (χ0v) is 12.9. The molecule has 0 heterocycles. The van der Waals surface area contributed by atoms with Crippen LogP contribution in [0.5, 0.6) is 0 Å². The summed E-state index contributed by atoms with van der Waals surface area (Å²) < 4.78 is 10.2. The number of carbonyl (C=O) groups excluding carboxylic acids is 2. The lowest BCUT2D eigenvalue weighted by atomic mass is 10.0. The van der Waals surface area contributed by atoms with Gasteiger partial charge in [-0.3, -0.25) is 0 Å². The van der Waals surface area contributed by atoms with Crippen molar-refractivity contribution in [2.45, 2.75) is 26.7 Å². The largest absolute Gasteiger partial charge is 0.463 e. The van der Waals surface area contributed by atoms with Crippen molar-refractivity contribution in [2.24, 2.45) is 0 Å². The monoisotopic (exact) mass is 300 g/mol. The van der Waals surface area contributed by atoms with Crippen LogP contribution in [0.15, 0.2) is 35.9 Å². The van der Waals surface area contributed by atoms with Gasteiger partial charge in [0.25, 0.3) is 0 Å². The molecular weight excluding hydrogens is 280 g/mol. The zero-order chi connectivity index (χ0) is 15.9. The lowest BCUT2D eigenvalue weighted by molar-refractivity contribution is -0.138. The van der Waals surface area contributed by atoms with Crippen molar-refractivity contribution in [3.63, 3.8) is 0 Å². The first-order valence-corrected chi connectivity index (χ1v) is 7.54. The van der Waals surface area contributed by atoms with E-state index in [4.69, 9.17) is 9.47 Å². The fourth-order valence-corrected chi connectivity index (χ4v) is 2.26. The Balaban J connectivity index is 2.27. The number of hydrogen-bond donors (Lipinski definition) is 0. The summed E-state index contributed by atoms with van der Waals surface area (Å²) >= 11 is 0. The second-order valence-electron chi connectivity index (χ2n) is 4.94. The molecule has 1 aliphatic carbocycles. The average Bonchev–Trinajstić information content (AvgIpc) is 2.87. The molecule has 4 nitrogen and oxygen atoms in total. The Hall–Kier alpha value is -2.36. The molecule has 116 valence electrons. The molecule has 0 N–H and O–H groups in total. The van der Waals surface area contributed by atoms with Gasteiger partial charge in [-0.2, -0.15) is 0 Å². The smallest absolute Gasteiger partial charge is 0.338 e. The van der Waals surface area contributed by atoms with Crippen LogP contribution in [0.2, 0.25) is 0 Å². The molecule has 0 bridgehead atoms. The zero-order valence-electron chi connectivity index (χ0n) is 12.9. The second kappa shape index (κ2) is 7.59. The van der Waals surface area contributed by atoms with E-state index in [1.165, 1.54) is 6.08 Å². The minimum absolute atomic E-state index is 0.296. The van der Waals surface area contributed by atoms with Crippen LogP contribution in [0.4, 0.5) is 0 Å². The van der Waals surface area contributed by atoms with Gasteiger partial charge in [-0.1, -0.05) is 37.6 Å². The molecule has 2 rings (SSSR count). The highest BCUT2D eigenvalue weighted by atomic mass is 16.5. The van der Waals surface area contributed by atoms with Crippen molar-refractivity contribution in [3.05, 3.63) is 47.0 Å². The topological polar surface area (TPSA) is 52.6 Å². The Morgan fingerprint density at radius 2 is 1.91 bits per heavy atom. The minimum atomic E-state index is -0.457. The molecule has 0 unspecified atom stereocenters. The average molecular weight is 300 g/mol. The maximum Gasteiger partial charge on any atom is 0.338 e. The molecule has 0 spiro atoms. The van der Waals surface area contributed by atoms with E-state index in [2.05, 4.69) is 0 Å². The van der Waals surface area contributed by atoms with Crippen molar-refractivity contribution >= 4 is 23.6 Å². The molecule has 1 aromatic rings. The Morgan fingerprint density at radius 1 is 1.14 bits per heavy atom. The normalized spacial score (nSPS) is 14.5. The SMILES string of the molecule is CCCCOC(=O)C1=Cc2ccccc2/C1=C\C(=O)OCC. The van der Waals surface area contributed by atoms with Crippen molar-refractivity contribution in [1.29, 1.82) is 0 Å². The van der Waals surface area contributed by atoms with E-state index in [1.54, 1.807) is 13.0 Å². The molecule has 0 saturated heterocycles. The van der Waals surface area contributed by atoms with Gasteiger partial charge in [0.15, 0.2) is 0 Å². The van der Waals surface area contributed by atoms with Crippen molar-refractivity contribution < 1.29 is 19.1 Å². The predicted molar refractivity (Wildman–Crippen MR) is 84.9 cm³/mol.